The van der Waals surface area contributed by atoms with E-state index in [1.54, 1.807) is 19.2 Å². The van der Waals surface area contributed by atoms with Crippen LogP contribution >= 0.6 is 27.5 Å². The van der Waals surface area contributed by atoms with E-state index in [4.69, 9.17) is 16.3 Å². The van der Waals surface area contributed by atoms with E-state index in [0.29, 0.717) is 4.47 Å². The number of hydrogen-bond acceptors (Lipinski definition) is 6. The van der Waals surface area contributed by atoms with Crippen LogP contribution in [0.4, 0.5) is 10.5 Å². The van der Waals surface area contributed by atoms with Crippen LogP contribution in [0.2, 0.25) is 5.02 Å². The number of methoxy groups -OCH3 is 1. The van der Waals surface area contributed by atoms with Gasteiger partial charge in [-0.1, -0.05) is 17.7 Å². The van der Waals surface area contributed by atoms with Crippen LogP contribution in [-0.2, 0) is 19.6 Å². The van der Waals surface area contributed by atoms with Crippen molar-refractivity contribution in [2.24, 2.45) is 4.99 Å². The number of fused-ring (bicyclic) bond motifs is 1. The average molecular weight is 494 g/mol. The maximum atomic E-state index is 13.0. The largest absolute Gasteiger partial charge is 0.452 e. The summed E-state index contributed by atoms with van der Waals surface area (Å²) in [4.78, 5) is 29.3. The predicted octanol–water partition coefficient (Wildman–Crippen LogP) is 1.91. The fourth-order valence-electron chi connectivity index (χ4n) is 2.74. The SMILES string of the molecule is COC(=O)N1C[N+]2(C)C(=CC(=O)N2C)N=C1S(=O)(=O)Nc1c(Cl)cccc1Br. The lowest BCUT2D eigenvalue weighted by atomic mass is 10.3. The monoisotopic (exact) mass is 492 g/mol. The number of para-hydroxylation sites is 1. The number of sulfonamides is 1. The van der Waals surface area contributed by atoms with E-state index >= 15 is 0 Å². The van der Waals surface area contributed by atoms with E-state index in [9.17, 15) is 18.0 Å². The number of halogens is 2. The summed E-state index contributed by atoms with van der Waals surface area (Å²) >= 11 is 9.31. The number of benzene rings is 1. The van der Waals surface area contributed by atoms with Gasteiger partial charge in [-0.15, -0.1) is 0 Å². The van der Waals surface area contributed by atoms with Gasteiger partial charge in [0.1, 0.15) is 0 Å². The Kier molecular flexibility index (Phi) is 5.17. The molecule has 0 aliphatic carbocycles. The van der Waals surface area contributed by atoms with E-state index in [0.717, 1.165) is 12.0 Å². The topological polar surface area (TPSA) is 108 Å². The number of anilines is 1. The molecule has 0 saturated carbocycles. The van der Waals surface area contributed by atoms with Gasteiger partial charge in [0, 0.05) is 4.47 Å². The first-order valence-corrected chi connectivity index (χ1v) is 10.4. The fourth-order valence-corrected chi connectivity index (χ4v) is 4.95. The summed E-state index contributed by atoms with van der Waals surface area (Å²) in [6, 6.07) is 4.74. The van der Waals surface area contributed by atoms with Crippen LogP contribution in [0.25, 0.3) is 0 Å². The van der Waals surface area contributed by atoms with Crippen molar-refractivity contribution in [1.29, 1.82) is 0 Å². The summed E-state index contributed by atoms with van der Waals surface area (Å²) in [5.74, 6) is -0.197. The Morgan fingerprint density at radius 3 is 2.71 bits per heavy atom. The Hall–Kier alpha value is -2.15. The third-order valence-electron chi connectivity index (χ3n) is 4.42. The van der Waals surface area contributed by atoms with Gasteiger partial charge in [0.15, 0.2) is 6.67 Å². The van der Waals surface area contributed by atoms with Gasteiger partial charge in [0.25, 0.3) is 26.9 Å². The molecule has 0 radical (unpaired) electrons. The van der Waals surface area contributed by atoms with Gasteiger partial charge in [0.05, 0.1) is 38.0 Å². The van der Waals surface area contributed by atoms with E-state index in [1.165, 1.54) is 24.2 Å². The molecule has 150 valence electrons. The summed E-state index contributed by atoms with van der Waals surface area (Å²) in [5, 5.41) is 0.877. The van der Waals surface area contributed by atoms with Gasteiger partial charge in [0.2, 0.25) is 0 Å². The third-order valence-corrected chi connectivity index (χ3v) is 6.66. The molecule has 0 aromatic heterocycles. The molecule has 10 nitrogen and oxygen atoms in total. The molecule has 2 aliphatic rings. The minimum absolute atomic E-state index is 0.0908. The minimum atomic E-state index is -4.36. The van der Waals surface area contributed by atoms with E-state index in [-0.39, 0.29) is 33.7 Å². The number of amides is 2. The maximum absolute atomic E-state index is 13.0. The van der Waals surface area contributed by atoms with Crippen LogP contribution in [0.1, 0.15) is 0 Å². The zero-order valence-electron chi connectivity index (χ0n) is 15.0. The standard InChI is InChI=1S/C15H16BrClN5O5S/c1-20-12(23)7-11-18-14(21(15(24)27-3)8-22(11,20)2)28(25,26)19-13-9(16)5-4-6-10(13)17/h4-7,19H,8H2,1-3H3/q+1. The molecular formula is C15H16BrClN5O5S+. The van der Waals surface area contributed by atoms with Gasteiger partial charge >= 0.3 is 6.09 Å². The molecule has 0 bridgehead atoms. The molecule has 1 atom stereocenters. The molecule has 2 heterocycles. The lowest BCUT2D eigenvalue weighted by Gasteiger charge is -2.40. The highest BCUT2D eigenvalue weighted by Gasteiger charge is 2.52. The highest BCUT2D eigenvalue weighted by Crippen LogP contribution is 2.34. The van der Waals surface area contributed by atoms with E-state index in [1.807, 2.05) is 0 Å². The number of nitrogens with one attached hydrogen (secondary N) is 1. The summed E-state index contributed by atoms with van der Waals surface area (Å²) in [6.45, 7) is -0.204. The summed E-state index contributed by atoms with van der Waals surface area (Å²) in [7, 11) is -0.0903. The number of ether oxygens (including phenoxy) is 1. The van der Waals surface area contributed by atoms with Gasteiger partial charge < -0.3 is 4.74 Å². The molecule has 1 N–H and O–H groups in total. The van der Waals surface area contributed by atoms with Crippen molar-refractivity contribution in [3.05, 3.63) is 39.6 Å². The second-order valence-electron chi connectivity index (χ2n) is 6.14. The Balaban J connectivity index is 2.11. The lowest BCUT2D eigenvalue weighted by molar-refractivity contribution is -0.974. The number of likely N-dealkylation sites (N-methyl/N-ethyl adjacent to an activating group) is 1. The highest BCUT2D eigenvalue weighted by atomic mass is 79.9. The molecule has 28 heavy (non-hydrogen) atoms. The fraction of sp³-hybridized carbons (Fsp3) is 0.267. The second kappa shape index (κ2) is 7.03. The van der Waals surface area contributed by atoms with Gasteiger partial charge in [-0.3, -0.25) is 9.52 Å². The molecule has 13 heteroatoms. The molecule has 3 rings (SSSR count). The molecular weight excluding hydrogens is 478 g/mol. The van der Waals surface area contributed by atoms with Crippen LogP contribution in [-0.4, -0.2) is 68.0 Å². The number of nitrogens with zero attached hydrogens (tertiary/aromatic N) is 4. The summed E-state index contributed by atoms with van der Waals surface area (Å²) < 4.78 is 33.3. The van der Waals surface area contributed by atoms with Crippen molar-refractivity contribution in [3.8, 4) is 0 Å². The second-order valence-corrected chi connectivity index (χ2v) is 8.98. The molecule has 1 unspecified atom stereocenters. The van der Waals surface area contributed by atoms with Crippen molar-refractivity contribution in [2.45, 2.75) is 0 Å². The van der Waals surface area contributed by atoms with Crippen LogP contribution in [0.3, 0.4) is 0 Å². The minimum Gasteiger partial charge on any atom is -0.452 e. The lowest BCUT2D eigenvalue weighted by Crippen LogP contribution is -2.63. The number of rotatable bonds is 2. The van der Waals surface area contributed by atoms with Crippen LogP contribution in [0, 0.1) is 0 Å². The first-order valence-electron chi connectivity index (χ1n) is 7.78. The van der Waals surface area contributed by atoms with Gasteiger partial charge in [-0.05, 0) is 28.1 Å². The van der Waals surface area contributed by atoms with Crippen LogP contribution in [0.15, 0.2) is 39.6 Å². The van der Waals surface area contributed by atoms with Crippen molar-refractivity contribution < 1.29 is 27.3 Å². The van der Waals surface area contributed by atoms with Crippen LogP contribution in [0.5, 0.6) is 0 Å². The Morgan fingerprint density at radius 2 is 2.11 bits per heavy atom. The van der Waals surface area contributed by atoms with E-state index < -0.39 is 21.3 Å². The van der Waals surface area contributed by atoms with Gasteiger partial charge in [-0.2, -0.15) is 27.9 Å². The Morgan fingerprint density at radius 1 is 1.43 bits per heavy atom. The first-order chi connectivity index (χ1) is 13.0. The molecule has 2 amide bonds. The summed E-state index contributed by atoms with van der Waals surface area (Å²) in [6.07, 6.45) is 0.281. The maximum Gasteiger partial charge on any atom is 0.420 e. The molecule has 2 aliphatic heterocycles. The number of aliphatic imine (C=N–C) groups is 1. The average Bonchev–Trinajstić information content (AvgIpc) is 2.86. The number of quaternary nitrogens is 1. The van der Waals surface area contributed by atoms with Crippen molar-refractivity contribution in [1.82, 2.24) is 9.91 Å². The molecule has 1 aromatic carbocycles. The molecule has 0 spiro atoms. The normalized spacial score (nSPS) is 21.8. The predicted molar refractivity (Wildman–Crippen MR) is 105 cm³/mol. The summed E-state index contributed by atoms with van der Waals surface area (Å²) in [5.41, 5.74) is 0.0908. The van der Waals surface area contributed by atoms with Crippen molar-refractivity contribution >= 4 is 60.4 Å². The highest BCUT2D eigenvalue weighted by molar-refractivity contribution is 9.10. The number of amidine groups is 1. The smallest absolute Gasteiger partial charge is 0.420 e. The van der Waals surface area contributed by atoms with E-state index in [2.05, 4.69) is 25.6 Å². The van der Waals surface area contributed by atoms with Gasteiger partial charge in [-0.25, -0.2) is 4.79 Å². The molecule has 0 fully saturated rings. The quantitative estimate of drug-likeness (QED) is 0.633. The zero-order chi connectivity index (χ0) is 20.9. The molecule has 0 saturated heterocycles. The first kappa shape index (κ1) is 20.6. The van der Waals surface area contributed by atoms with Crippen LogP contribution < -0.4 is 4.72 Å². The third kappa shape index (κ3) is 3.26. The number of hydrogen-bond donors (Lipinski definition) is 1. The van der Waals surface area contributed by atoms with Crippen molar-refractivity contribution in [2.75, 3.05) is 32.6 Å². The zero-order valence-corrected chi connectivity index (χ0v) is 18.2. The number of carbonyl (C=O) groups is 2. The Bertz CT molecular complexity index is 1020. The molecule has 1 aromatic rings. The van der Waals surface area contributed by atoms with Crippen molar-refractivity contribution in [3.63, 3.8) is 0 Å². The number of carbonyl (C=O) groups excluding carboxylic acids is 2. The Labute approximate surface area is 174 Å².